The van der Waals surface area contributed by atoms with Crippen LogP contribution in [-0.4, -0.2) is 264 Å². The van der Waals surface area contributed by atoms with Gasteiger partial charge < -0.3 is 57.9 Å². The molecule has 0 radical (unpaired) electrons. The van der Waals surface area contributed by atoms with Crippen molar-refractivity contribution in [1.29, 1.82) is 0 Å². The van der Waals surface area contributed by atoms with E-state index in [4.69, 9.17) is 53.1 Å². The standard InChI is InChI=1S/3C24H26BrFN4O3S.C21H19BrFN3O4S.ClH/c3*1-2-33-24(31)20-19-11-15(13-29-6-8-32-9-7-29)14-30(19)22(23-27-5-10-34-23)28-21(20)17-4-3-16(26)12-18(17)25;1-2-30-21(29)17-15-7-11(8-16(27)28)10-26(15)19(20-24-5-6-31-20)25-18(17)13-4-3-12(23)9-14(13)22;/h3*3-5,10,12,15,21H,2,6-9,11,13-14H2,1H3;3-6,9,11,18H,2,7-8,10H2,1H3,(H,27,28);1H/t15-,21?;15-,21+;15-,21-;11-,18+;/m0101./s1. The van der Waals surface area contributed by atoms with Gasteiger partial charge in [-0.3, -0.25) is 39.5 Å². The highest BCUT2D eigenvalue weighted by molar-refractivity contribution is 9.11. The quantitative estimate of drug-likeness (QED) is 0.0334. The second kappa shape index (κ2) is 46.2. The molecule has 0 bridgehead atoms. The van der Waals surface area contributed by atoms with Crippen molar-refractivity contribution in [3.05, 3.63) is 248 Å². The average Bonchev–Trinajstić information content (AvgIpc) is 1.63. The Bertz CT molecular complexity index is 5430. The first-order chi connectivity index (χ1) is 64.5. The molecule has 134 heavy (non-hydrogen) atoms. The van der Waals surface area contributed by atoms with E-state index < -0.39 is 41.9 Å². The molecule has 0 spiro atoms. The van der Waals surface area contributed by atoms with E-state index in [1.165, 1.54) is 93.9 Å². The summed E-state index contributed by atoms with van der Waals surface area (Å²) in [5.41, 5.74) is 8.19. The molecular formula is C93H98Br4ClF4N15O13S4. The Morgan fingerprint density at radius 3 is 0.821 bits per heavy atom. The van der Waals surface area contributed by atoms with Crippen LogP contribution in [0.5, 0.6) is 0 Å². The summed E-state index contributed by atoms with van der Waals surface area (Å²) in [6.45, 7) is 23.6. The van der Waals surface area contributed by atoms with Crippen molar-refractivity contribution in [1.82, 2.24) is 54.2 Å². The number of halogens is 9. The van der Waals surface area contributed by atoms with E-state index in [1.807, 2.05) is 26.4 Å². The van der Waals surface area contributed by atoms with Gasteiger partial charge in [0.1, 0.15) is 47.4 Å². The number of allylic oxidation sites excluding steroid dienone is 4. The molecule has 4 aromatic carbocycles. The maximum absolute atomic E-state index is 13.9. The van der Waals surface area contributed by atoms with E-state index in [2.05, 4.69) is 113 Å². The van der Waals surface area contributed by atoms with E-state index in [-0.39, 0.29) is 86.5 Å². The predicted octanol–water partition coefficient (Wildman–Crippen LogP) is 16.6. The third-order valence-corrected chi connectivity index (χ3v) is 30.0. The number of morpholine rings is 3. The molecule has 0 saturated carbocycles. The smallest absolute Gasteiger partial charge is 0.338 e. The second-order valence-electron chi connectivity index (χ2n) is 32.8. The number of aliphatic carboxylic acids is 1. The van der Waals surface area contributed by atoms with Crippen molar-refractivity contribution < 1.29 is 79.8 Å². The first-order valence-corrected chi connectivity index (χ1v) is 50.8. The molecule has 1 unspecified atom stereocenters. The lowest BCUT2D eigenvalue weighted by atomic mass is 9.93. The van der Waals surface area contributed by atoms with E-state index in [0.717, 1.165) is 204 Å². The van der Waals surface area contributed by atoms with Crippen LogP contribution in [0.4, 0.5) is 17.6 Å². The van der Waals surface area contributed by atoms with Crippen molar-refractivity contribution in [2.24, 2.45) is 43.6 Å². The van der Waals surface area contributed by atoms with Crippen molar-refractivity contribution in [3.63, 3.8) is 0 Å². The molecule has 11 aliphatic rings. The van der Waals surface area contributed by atoms with Crippen molar-refractivity contribution in [2.45, 2.75) is 84.0 Å². The number of nitrogens with zero attached hydrogens (tertiary/aromatic N) is 15. The Morgan fingerprint density at radius 2 is 0.612 bits per heavy atom. The van der Waals surface area contributed by atoms with E-state index in [1.54, 1.807) is 76.7 Å². The Hall–Kier alpha value is -8.72. The SMILES string of the molecule is CCOC(=O)C1=C2C[C@@H](CN3CCOCC3)CN2C(c2nccs2)=NC1c1ccc(F)cc1Br.CCOC(=O)C1=C2C[C@@H](CN3CCOCC3)CN2C(c2nccs2)=N[C@H]1c1ccc(F)cc1Br.CCOC(=O)C1=C2C[C@H](CC(=O)O)CN2C(c2nccs2)=N[C@H]1c1ccc(F)cc1Br.CCOC(=O)C1=C2C[C@H](CN3CCOCC3)CN2C(c2nccs2)=N[C@H]1c1ccc(F)cc1Br.Cl. The molecule has 1 N–H and O–H groups in total. The number of ether oxygens (including phenoxy) is 7. The molecule has 15 heterocycles. The van der Waals surface area contributed by atoms with Crippen LogP contribution in [0.15, 0.2) is 202 Å². The first kappa shape index (κ1) is 99.7. The van der Waals surface area contributed by atoms with Gasteiger partial charge in [-0.25, -0.2) is 56.7 Å². The number of carboxylic acid groups (broad SMARTS) is 1. The van der Waals surface area contributed by atoms with E-state index >= 15 is 0 Å². The zero-order valence-corrected chi connectivity index (χ0v) is 84.0. The fourth-order valence-corrected chi connectivity index (χ4v) is 23.4. The van der Waals surface area contributed by atoms with Crippen LogP contribution >= 0.6 is 121 Å². The summed E-state index contributed by atoms with van der Waals surface area (Å²) in [5.74, 6) is -0.361. The number of esters is 4. The van der Waals surface area contributed by atoms with Crippen molar-refractivity contribution >= 4 is 175 Å². The van der Waals surface area contributed by atoms with Crippen LogP contribution in [-0.2, 0) is 57.1 Å². The van der Waals surface area contributed by atoms with Crippen LogP contribution in [0.3, 0.4) is 0 Å². The highest BCUT2D eigenvalue weighted by atomic mass is 79.9. The number of carboxylic acids is 1. The summed E-state index contributed by atoms with van der Waals surface area (Å²) in [7, 11) is 0. The molecule has 0 amide bonds. The lowest BCUT2D eigenvalue weighted by molar-refractivity contribution is -0.140. The van der Waals surface area contributed by atoms with Gasteiger partial charge in [-0.15, -0.1) is 57.8 Å². The average molecular weight is 2190 g/mol. The lowest BCUT2D eigenvalue weighted by Gasteiger charge is -2.32. The third-order valence-electron chi connectivity index (χ3n) is 24.2. The molecule has 28 nitrogen and oxygen atoms in total. The highest BCUT2D eigenvalue weighted by Gasteiger charge is 2.49. The summed E-state index contributed by atoms with van der Waals surface area (Å²) >= 11 is 19.8. The molecule has 41 heteroatoms. The molecule has 7 fully saturated rings. The molecule has 7 saturated heterocycles. The van der Waals surface area contributed by atoms with Gasteiger partial charge in [0.25, 0.3) is 0 Å². The largest absolute Gasteiger partial charge is 0.481 e. The predicted molar refractivity (Wildman–Crippen MR) is 517 cm³/mol. The molecular weight excluding hydrogens is 2090 g/mol. The zero-order valence-electron chi connectivity index (χ0n) is 73.6. The number of aliphatic imine (C=N–C) groups is 4. The molecule has 8 atom stereocenters. The topological polar surface area (TPSA) is 294 Å². The van der Waals surface area contributed by atoms with Gasteiger partial charge in [0.2, 0.25) is 0 Å². The minimum absolute atomic E-state index is 0. The summed E-state index contributed by atoms with van der Waals surface area (Å²) in [5, 5.41) is 20.0. The highest BCUT2D eigenvalue weighted by Crippen LogP contribution is 2.50. The number of carbonyl (C=O) groups excluding carboxylic acids is 4. The molecule has 11 aliphatic heterocycles. The Labute approximate surface area is 828 Å². The number of aromatic nitrogens is 4. The molecule has 8 aromatic rings. The van der Waals surface area contributed by atoms with Crippen molar-refractivity contribution in [3.8, 4) is 0 Å². The number of rotatable bonds is 24. The summed E-state index contributed by atoms with van der Waals surface area (Å²) in [4.78, 5) is 118. The molecule has 710 valence electrons. The van der Waals surface area contributed by atoms with Gasteiger partial charge in [-0.1, -0.05) is 88.0 Å². The molecule has 19 rings (SSSR count). The lowest BCUT2D eigenvalue weighted by Crippen LogP contribution is -2.40. The van der Waals surface area contributed by atoms with Crippen LogP contribution in [0.1, 0.15) is 126 Å². The minimum Gasteiger partial charge on any atom is -0.481 e. The Balaban J connectivity index is 0.000000136. The second-order valence-corrected chi connectivity index (χ2v) is 39.8. The van der Waals surface area contributed by atoms with Gasteiger partial charge in [0, 0.05) is 172 Å². The summed E-state index contributed by atoms with van der Waals surface area (Å²) in [6.07, 6.45) is 9.55. The number of hydrogen-bond donors (Lipinski definition) is 1. The van der Waals surface area contributed by atoms with E-state index in [9.17, 15) is 46.6 Å². The summed E-state index contributed by atoms with van der Waals surface area (Å²) < 4.78 is 95.9. The summed E-state index contributed by atoms with van der Waals surface area (Å²) in [6, 6.07) is 15.1. The minimum atomic E-state index is -0.895. The zero-order chi connectivity index (χ0) is 93.1. The first-order valence-electron chi connectivity index (χ1n) is 44.1. The maximum Gasteiger partial charge on any atom is 0.338 e. The fourth-order valence-electron chi connectivity index (χ4n) is 18.6. The maximum atomic E-state index is 13.9. The van der Waals surface area contributed by atoms with Crippen LogP contribution in [0.25, 0.3) is 0 Å². The Kier molecular flexibility index (Phi) is 34.4. The van der Waals surface area contributed by atoms with Crippen molar-refractivity contribution in [2.75, 3.05) is 151 Å². The fraction of sp³-hybridized carbons (Fsp3) is 0.430. The third kappa shape index (κ3) is 23.0. The van der Waals surface area contributed by atoms with Gasteiger partial charge in [-0.05, 0) is 148 Å². The number of benzene rings is 4. The van der Waals surface area contributed by atoms with E-state index in [0.29, 0.717) is 93.0 Å². The van der Waals surface area contributed by atoms with Gasteiger partial charge in [-0.2, -0.15) is 0 Å². The number of hydrogen-bond acceptors (Lipinski definition) is 31. The normalized spacial score (nSPS) is 22.4. The van der Waals surface area contributed by atoms with Gasteiger partial charge in [0.15, 0.2) is 43.4 Å². The molecule has 4 aromatic heterocycles. The van der Waals surface area contributed by atoms with Gasteiger partial charge >= 0.3 is 29.8 Å². The number of thiazole rings is 4. The van der Waals surface area contributed by atoms with Crippen LogP contribution in [0, 0.1) is 46.9 Å². The molecule has 0 aliphatic carbocycles. The Morgan fingerprint density at radius 1 is 0.381 bits per heavy atom. The number of carbonyl (C=O) groups is 5. The number of amidine groups is 4. The van der Waals surface area contributed by atoms with Crippen LogP contribution in [0.2, 0.25) is 0 Å². The number of fused-ring (bicyclic) bond motifs is 4. The van der Waals surface area contributed by atoms with Crippen LogP contribution < -0.4 is 0 Å². The van der Waals surface area contributed by atoms with Gasteiger partial charge in [0.05, 0.1) is 94.8 Å². The monoisotopic (exact) mass is 2190 g/mol.